The van der Waals surface area contributed by atoms with Gasteiger partial charge in [0.2, 0.25) is 5.91 Å². The highest BCUT2D eigenvalue weighted by Crippen LogP contribution is 2.02. The van der Waals surface area contributed by atoms with Gasteiger partial charge >= 0.3 is 0 Å². The van der Waals surface area contributed by atoms with Gasteiger partial charge in [0.1, 0.15) is 0 Å². The van der Waals surface area contributed by atoms with E-state index >= 15 is 0 Å². The van der Waals surface area contributed by atoms with Crippen molar-refractivity contribution < 1.29 is 4.79 Å². The molecule has 0 atom stereocenters. The smallest absolute Gasteiger partial charge is 0.238 e. The molecule has 0 rings (SSSR count). The molecule has 1 amide bonds. The zero-order valence-electron chi connectivity index (χ0n) is 8.37. The first-order valence-corrected chi connectivity index (χ1v) is 4.20. The number of nitrogens with zero attached hydrogens (tertiary/aromatic N) is 2. The van der Waals surface area contributed by atoms with Gasteiger partial charge in [0.05, 0.1) is 0 Å². The fraction of sp³-hybridized carbons (Fsp3) is 0.875. The van der Waals surface area contributed by atoms with Crippen LogP contribution in [0.15, 0.2) is 0 Å². The van der Waals surface area contributed by atoms with Crippen LogP contribution < -0.4 is 5.73 Å². The Morgan fingerprint density at radius 3 is 2.17 bits per heavy atom. The van der Waals surface area contributed by atoms with Gasteiger partial charge in [-0.1, -0.05) is 0 Å². The van der Waals surface area contributed by atoms with E-state index in [0.29, 0.717) is 13.0 Å². The SMILES string of the molecule is CC(C)N(C(=O)CCN)N(C)C. The molecule has 0 spiro atoms. The second kappa shape index (κ2) is 5.11. The van der Waals surface area contributed by atoms with E-state index in [1.807, 2.05) is 27.9 Å². The van der Waals surface area contributed by atoms with E-state index in [9.17, 15) is 4.79 Å². The Morgan fingerprint density at radius 2 is 1.92 bits per heavy atom. The molecular weight excluding hydrogens is 154 g/mol. The monoisotopic (exact) mass is 173 g/mol. The molecule has 0 heterocycles. The minimum Gasteiger partial charge on any atom is -0.330 e. The highest BCUT2D eigenvalue weighted by Gasteiger charge is 2.17. The highest BCUT2D eigenvalue weighted by atomic mass is 16.2. The van der Waals surface area contributed by atoms with E-state index in [1.54, 1.807) is 10.0 Å². The Hall–Kier alpha value is -0.610. The Bertz CT molecular complexity index is 137. The first-order chi connectivity index (χ1) is 5.50. The normalized spacial score (nSPS) is 10.9. The van der Waals surface area contributed by atoms with Crippen molar-refractivity contribution in [2.24, 2.45) is 5.73 Å². The van der Waals surface area contributed by atoms with Crippen molar-refractivity contribution in [2.75, 3.05) is 20.6 Å². The first kappa shape index (κ1) is 11.4. The van der Waals surface area contributed by atoms with Crippen LogP contribution in [0.3, 0.4) is 0 Å². The molecular formula is C8H19N3O. The topological polar surface area (TPSA) is 49.6 Å². The molecule has 12 heavy (non-hydrogen) atoms. The third kappa shape index (κ3) is 3.19. The summed E-state index contributed by atoms with van der Waals surface area (Å²) in [5.74, 6) is 0.0810. The van der Waals surface area contributed by atoms with Gasteiger partial charge in [-0.25, -0.2) is 5.01 Å². The van der Waals surface area contributed by atoms with E-state index in [4.69, 9.17) is 5.73 Å². The van der Waals surface area contributed by atoms with Crippen molar-refractivity contribution in [2.45, 2.75) is 26.3 Å². The van der Waals surface area contributed by atoms with Crippen LogP contribution in [-0.4, -0.2) is 42.6 Å². The van der Waals surface area contributed by atoms with E-state index < -0.39 is 0 Å². The number of hydrazine groups is 1. The van der Waals surface area contributed by atoms with Gasteiger partial charge in [-0.15, -0.1) is 0 Å². The second-order valence-corrected chi connectivity index (χ2v) is 3.22. The number of hydrogen-bond donors (Lipinski definition) is 1. The van der Waals surface area contributed by atoms with Gasteiger partial charge in [0, 0.05) is 33.1 Å². The third-order valence-corrected chi connectivity index (χ3v) is 1.53. The van der Waals surface area contributed by atoms with Crippen molar-refractivity contribution >= 4 is 5.91 Å². The van der Waals surface area contributed by atoms with Crippen LogP contribution in [0, 0.1) is 0 Å². The average Bonchev–Trinajstić information content (AvgIpc) is 1.85. The van der Waals surface area contributed by atoms with Crippen molar-refractivity contribution in [1.29, 1.82) is 0 Å². The zero-order chi connectivity index (χ0) is 9.72. The van der Waals surface area contributed by atoms with Crippen LogP contribution in [0.4, 0.5) is 0 Å². The van der Waals surface area contributed by atoms with E-state index in [2.05, 4.69) is 0 Å². The molecule has 0 bridgehead atoms. The average molecular weight is 173 g/mol. The third-order valence-electron chi connectivity index (χ3n) is 1.53. The lowest BCUT2D eigenvalue weighted by molar-refractivity contribution is -0.148. The fourth-order valence-corrected chi connectivity index (χ4v) is 1.21. The van der Waals surface area contributed by atoms with E-state index in [1.165, 1.54) is 0 Å². The molecule has 0 saturated heterocycles. The number of carbonyl (C=O) groups is 1. The van der Waals surface area contributed by atoms with Crippen LogP contribution in [0.5, 0.6) is 0 Å². The standard InChI is InChI=1S/C8H19N3O/c1-7(2)11(10(3)4)8(12)5-6-9/h7H,5-6,9H2,1-4H3. The summed E-state index contributed by atoms with van der Waals surface area (Å²) in [5.41, 5.74) is 5.30. The van der Waals surface area contributed by atoms with Gasteiger partial charge in [-0.2, -0.15) is 0 Å². The van der Waals surface area contributed by atoms with Gasteiger partial charge in [0.15, 0.2) is 0 Å². The molecule has 4 heteroatoms. The van der Waals surface area contributed by atoms with Gasteiger partial charge in [-0.3, -0.25) is 9.80 Å². The molecule has 0 fully saturated rings. The molecule has 0 aliphatic heterocycles. The second-order valence-electron chi connectivity index (χ2n) is 3.22. The molecule has 72 valence electrons. The molecule has 0 radical (unpaired) electrons. The number of rotatable bonds is 4. The molecule has 0 aromatic rings. The summed E-state index contributed by atoms with van der Waals surface area (Å²) in [6.07, 6.45) is 0.413. The molecule has 0 aromatic carbocycles. The Morgan fingerprint density at radius 1 is 1.42 bits per heavy atom. The van der Waals surface area contributed by atoms with Crippen molar-refractivity contribution in [1.82, 2.24) is 10.0 Å². The van der Waals surface area contributed by atoms with E-state index in [-0.39, 0.29) is 11.9 Å². The Labute approximate surface area is 74.3 Å². The first-order valence-electron chi connectivity index (χ1n) is 4.20. The number of carbonyl (C=O) groups excluding carboxylic acids is 1. The Kier molecular flexibility index (Phi) is 4.85. The van der Waals surface area contributed by atoms with Crippen LogP contribution in [0.1, 0.15) is 20.3 Å². The minimum atomic E-state index is 0.0810. The van der Waals surface area contributed by atoms with Crippen LogP contribution in [-0.2, 0) is 4.79 Å². The van der Waals surface area contributed by atoms with Gasteiger partial charge < -0.3 is 5.73 Å². The van der Waals surface area contributed by atoms with Crippen LogP contribution >= 0.6 is 0 Å². The molecule has 0 unspecified atom stereocenters. The van der Waals surface area contributed by atoms with E-state index in [0.717, 1.165) is 0 Å². The summed E-state index contributed by atoms with van der Waals surface area (Å²) in [6, 6.07) is 0.194. The predicted molar refractivity (Wildman–Crippen MR) is 49.3 cm³/mol. The summed E-state index contributed by atoms with van der Waals surface area (Å²) in [6.45, 7) is 4.37. The van der Waals surface area contributed by atoms with Gasteiger partial charge in [-0.05, 0) is 13.8 Å². The molecule has 2 N–H and O–H groups in total. The van der Waals surface area contributed by atoms with Crippen molar-refractivity contribution in [3.8, 4) is 0 Å². The molecule has 0 saturated carbocycles. The summed E-state index contributed by atoms with van der Waals surface area (Å²) in [5, 5.41) is 3.50. The maximum atomic E-state index is 11.4. The number of amides is 1. The summed E-state index contributed by atoms with van der Waals surface area (Å²) >= 11 is 0. The molecule has 0 aliphatic rings. The largest absolute Gasteiger partial charge is 0.330 e. The quantitative estimate of drug-likeness (QED) is 0.611. The zero-order valence-corrected chi connectivity index (χ0v) is 8.37. The molecule has 0 aromatic heterocycles. The number of nitrogens with two attached hydrogens (primary N) is 1. The molecule has 4 nitrogen and oxygen atoms in total. The predicted octanol–water partition coefficient (Wildman–Crippen LogP) is 0.0488. The minimum absolute atomic E-state index is 0.0810. The van der Waals surface area contributed by atoms with Crippen molar-refractivity contribution in [3.05, 3.63) is 0 Å². The lowest BCUT2D eigenvalue weighted by Gasteiger charge is -2.32. The van der Waals surface area contributed by atoms with Crippen LogP contribution in [0.25, 0.3) is 0 Å². The fourth-order valence-electron chi connectivity index (χ4n) is 1.21. The Balaban J connectivity index is 4.20. The number of hydrogen-bond acceptors (Lipinski definition) is 3. The summed E-state index contributed by atoms with van der Waals surface area (Å²) in [4.78, 5) is 11.4. The lowest BCUT2D eigenvalue weighted by atomic mass is 10.3. The lowest BCUT2D eigenvalue weighted by Crippen LogP contribution is -2.46. The van der Waals surface area contributed by atoms with Gasteiger partial charge in [0.25, 0.3) is 0 Å². The maximum Gasteiger partial charge on any atom is 0.238 e. The summed E-state index contributed by atoms with van der Waals surface area (Å²) in [7, 11) is 3.71. The molecule has 0 aliphatic carbocycles. The van der Waals surface area contributed by atoms with Crippen LogP contribution in [0.2, 0.25) is 0 Å². The van der Waals surface area contributed by atoms with Crippen molar-refractivity contribution in [3.63, 3.8) is 0 Å². The maximum absolute atomic E-state index is 11.4. The highest BCUT2D eigenvalue weighted by molar-refractivity contribution is 5.76. The summed E-state index contributed by atoms with van der Waals surface area (Å²) < 4.78 is 0.